The highest BCUT2D eigenvalue weighted by Gasteiger charge is 2.24. The van der Waals surface area contributed by atoms with Crippen LogP contribution in [0.2, 0.25) is 0 Å². The van der Waals surface area contributed by atoms with Crippen LogP contribution in [0.4, 0.5) is 0 Å². The number of carbonyl (C=O) groups excluding carboxylic acids is 1. The Morgan fingerprint density at radius 3 is 2.68 bits per heavy atom. The predicted octanol–water partition coefficient (Wildman–Crippen LogP) is 4.39. The summed E-state index contributed by atoms with van der Waals surface area (Å²) in [6.45, 7) is 3.99. The summed E-state index contributed by atoms with van der Waals surface area (Å²) in [5.74, 6) is 0.918. The summed E-state index contributed by atoms with van der Waals surface area (Å²) >= 11 is 7.79. The second-order valence-electron chi connectivity index (χ2n) is 5.19. The van der Waals surface area contributed by atoms with Crippen molar-refractivity contribution >= 4 is 34.5 Å². The number of halogens is 1. The van der Waals surface area contributed by atoms with Gasteiger partial charge in [0, 0.05) is 22.5 Å². The third kappa shape index (κ3) is 3.76. The third-order valence-electron chi connectivity index (χ3n) is 3.79. The van der Waals surface area contributed by atoms with Gasteiger partial charge in [-0.25, -0.2) is 0 Å². The zero-order valence-electron chi connectivity index (χ0n) is 11.2. The van der Waals surface area contributed by atoms with E-state index in [0.29, 0.717) is 5.56 Å². The predicted molar refractivity (Wildman–Crippen MR) is 84.9 cm³/mol. The molecule has 0 aliphatic carbocycles. The molecule has 0 N–H and O–H groups in total. The standard InChI is InChI=1S/C15H20BrNOS/c1-2-3-11-6-8-17(9-7-11)15(18)13-5-4-12(16)10-14(13)19/h4-5,10-11,19H,2-3,6-9H2,1H3. The average molecular weight is 342 g/mol. The maximum Gasteiger partial charge on any atom is 0.254 e. The quantitative estimate of drug-likeness (QED) is 0.808. The third-order valence-corrected chi connectivity index (χ3v) is 4.65. The Balaban J connectivity index is 2.01. The second-order valence-corrected chi connectivity index (χ2v) is 6.58. The topological polar surface area (TPSA) is 20.3 Å². The summed E-state index contributed by atoms with van der Waals surface area (Å²) < 4.78 is 0.954. The number of nitrogens with zero attached hydrogens (tertiary/aromatic N) is 1. The largest absolute Gasteiger partial charge is 0.339 e. The van der Waals surface area contributed by atoms with Crippen LogP contribution in [0.25, 0.3) is 0 Å². The Labute approximate surface area is 129 Å². The van der Waals surface area contributed by atoms with E-state index >= 15 is 0 Å². The molecular formula is C15H20BrNOS. The molecule has 1 fully saturated rings. The lowest BCUT2D eigenvalue weighted by Gasteiger charge is -2.32. The molecule has 4 heteroatoms. The number of rotatable bonds is 3. The summed E-state index contributed by atoms with van der Waals surface area (Å²) in [7, 11) is 0. The van der Waals surface area contributed by atoms with Crippen molar-refractivity contribution in [1.29, 1.82) is 0 Å². The fraction of sp³-hybridized carbons (Fsp3) is 0.533. The van der Waals surface area contributed by atoms with Crippen LogP contribution in [0.5, 0.6) is 0 Å². The molecule has 1 saturated heterocycles. The van der Waals surface area contributed by atoms with E-state index in [1.165, 1.54) is 12.8 Å². The number of amides is 1. The molecule has 2 rings (SSSR count). The van der Waals surface area contributed by atoms with Crippen molar-refractivity contribution in [3.05, 3.63) is 28.2 Å². The molecule has 1 aliphatic rings. The van der Waals surface area contributed by atoms with E-state index in [0.717, 1.165) is 41.2 Å². The monoisotopic (exact) mass is 341 g/mol. The van der Waals surface area contributed by atoms with Crippen LogP contribution in [0.1, 0.15) is 43.0 Å². The van der Waals surface area contributed by atoms with Crippen molar-refractivity contribution in [1.82, 2.24) is 4.90 Å². The van der Waals surface area contributed by atoms with Crippen molar-refractivity contribution in [3.8, 4) is 0 Å². The molecule has 1 heterocycles. The Kier molecular flexibility index (Phi) is 5.34. The smallest absolute Gasteiger partial charge is 0.254 e. The molecule has 0 saturated carbocycles. The molecule has 104 valence electrons. The minimum Gasteiger partial charge on any atom is -0.339 e. The van der Waals surface area contributed by atoms with Gasteiger partial charge in [-0.2, -0.15) is 0 Å². The first-order valence-corrected chi connectivity index (χ1v) is 8.13. The molecular weight excluding hydrogens is 322 g/mol. The van der Waals surface area contributed by atoms with E-state index in [9.17, 15) is 4.79 Å². The van der Waals surface area contributed by atoms with Crippen LogP contribution >= 0.6 is 28.6 Å². The van der Waals surface area contributed by atoms with Gasteiger partial charge >= 0.3 is 0 Å². The molecule has 1 amide bonds. The van der Waals surface area contributed by atoms with E-state index in [1.807, 2.05) is 23.1 Å². The summed E-state index contributed by atoms with van der Waals surface area (Å²) in [4.78, 5) is 15.2. The van der Waals surface area contributed by atoms with Gasteiger partial charge in [0.25, 0.3) is 5.91 Å². The first kappa shape index (κ1) is 14.9. The molecule has 1 aliphatic heterocycles. The number of benzene rings is 1. The normalized spacial score (nSPS) is 16.7. The number of likely N-dealkylation sites (tertiary alicyclic amines) is 1. The molecule has 1 aromatic rings. The highest BCUT2D eigenvalue weighted by molar-refractivity contribution is 9.10. The van der Waals surface area contributed by atoms with Crippen molar-refractivity contribution in [3.63, 3.8) is 0 Å². The molecule has 0 aromatic heterocycles. The van der Waals surface area contributed by atoms with Gasteiger partial charge in [-0.1, -0.05) is 35.7 Å². The van der Waals surface area contributed by atoms with Gasteiger partial charge in [-0.3, -0.25) is 4.79 Å². The molecule has 0 unspecified atom stereocenters. The van der Waals surface area contributed by atoms with Crippen LogP contribution in [-0.4, -0.2) is 23.9 Å². The van der Waals surface area contributed by atoms with Gasteiger partial charge in [-0.05, 0) is 37.0 Å². The fourth-order valence-electron chi connectivity index (χ4n) is 2.69. The minimum absolute atomic E-state index is 0.118. The lowest BCUT2D eigenvalue weighted by Crippen LogP contribution is -2.38. The average Bonchev–Trinajstić information content (AvgIpc) is 2.39. The van der Waals surface area contributed by atoms with E-state index < -0.39 is 0 Å². The molecule has 19 heavy (non-hydrogen) atoms. The Hall–Kier alpha value is -0.480. The summed E-state index contributed by atoms with van der Waals surface area (Å²) in [6.07, 6.45) is 4.81. The molecule has 0 bridgehead atoms. The van der Waals surface area contributed by atoms with Gasteiger partial charge in [0.05, 0.1) is 5.56 Å². The van der Waals surface area contributed by atoms with E-state index in [4.69, 9.17) is 0 Å². The molecule has 1 aromatic carbocycles. The van der Waals surface area contributed by atoms with Crippen molar-refractivity contribution in [2.75, 3.05) is 13.1 Å². The van der Waals surface area contributed by atoms with Crippen LogP contribution in [0.3, 0.4) is 0 Å². The summed E-state index contributed by atoms with van der Waals surface area (Å²) in [5.41, 5.74) is 0.709. The number of thiol groups is 1. The molecule has 2 nitrogen and oxygen atoms in total. The number of carbonyl (C=O) groups is 1. The summed E-state index contributed by atoms with van der Waals surface area (Å²) in [6, 6.07) is 5.63. The lowest BCUT2D eigenvalue weighted by molar-refractivity contribution is 0.0683. The van der Waals surface area contributed by atoms with Gasteiger partial charge in [0.2, 0.25) is 0 Å². The number of hydrogen-bond donors (Lipinski definition) is 1. The zero-order valence-corrected chi connectivity index (χ0v) is 13.7. The summed E-state index contributed by atoms with van der Waals surface area (Å²) in [5, 5.41) is 0. The maximum absolute atomic E-state index is 12.5. The van der Waals surface area contributed by atoms with Crippen molar-refractivity contribution in [2.24, 2.45) is 5.92 Å². The Morgan fingerprint density at radius 2 is 2.11 bits per heavy atom. The molecule has 0 spiro atoms. The van der Waals surface area contributed by atoms with Gasteiger partial charge in [0.15, 0.2) is 0 Å². The van der Waals surface area contributed by atoms with Gasteiger partial charge in [0.1, 0.15) is 0 Å². The van der Waals surface area contributed by atoms with Crippen LogP contribution in [0, 0.1) is 5.92 Å². The van der Waals surface area contributed by atoms with Gasteiger partial charge in [-0.15, -0.1) is 12.6 Å². The number of piperidine rings is 1. The first-order chi connectivity index (χ1) is 9.11. The van der Waals surface area contributed by atoms with Crippen LogP contribution in [0.15, 0.2) is 27.6 Å². The van der Waals surface area contributed by atoms with Crippen LogP contribution < -0.4 is 0 Å². The minimum atomic E-state index is 0.118. The maximum atomic E-state index is 12.5. The molecule has 0 radical (unpaired) electrons. The Morgan fingerprint density at radius 1 is 1.42 bits per heavy atom. The fourth-order valence-corrected chi connectivity index (χ4v) is 3.54. The highest BCUT2D eigenvalue weighted by Crippen LogP contribution is 2.25. The first-order valence-electron chi connectivity index (χ1n) is 6.89. The van der Waals surface area contributed by atoms with Crippen molar-refractivity contribution < 1.29 is 4.79 Å². The van der Waals surface area contributed by atoms with Gasteiger partial charge < -0.3 is 4.90 Å². The SMILES string of the molecule is CCCC1CCN(C(=O)c2ccc(Br)cc2S)CC1. The lowest BCUT2D eigenvalue weighted by atomic mass is 9.92. The van der Waals surface area contributed by atoms with E-state index in [-0.39, 0.29) is 5.91 Å². The van der Waals surface area contributed by atoms with Crippen molar-refractivity contribution in [2.45, 2.75) is 37.5 Å². The highest BCUT2D eigenvalue weighted by atomic mass is 79.9. The van der Waals surface area contributed by atoms with Crippen LogP contribution in [-0.2, 0) is 0 Å². The number of hydrogen-bond acceptors (Lipinski definition) is 2. The zero-order chi connectivity index (χ0) is 13.8. The second kappa shape index (κ2) is 6.80. The van der Waals surface area contributed by atoms with E-state index in [1.54, 1.807) is 0 Å². The molecule has 0 atom stereocenters. The Bertz CT molecular complexity index is 455. The van der Waals surface area contributed by atoms with E-state index in [2.05, 4.69) is 35.5 Å².